The summed E-state index contributed by atoms with van der Waals surface area (Å²) in [4.78, 5) is 16.4. The summed E-state index contributed by atoms with van der Waals surface area (Å²) < 4.78 is 18.0. The first-order chi connectivity index (χ1) is 12.6. The molecule has 0 aliphatic carbocycles. The molecule has 3 N–H and O–H groups in total. The van der Waals surface area contributed by atoms with Crippen LogP contribution in [-0.4, -0.2) is 32.1 Å². The molecule has 2 aromatic carbocycles. The molecule has 2 aromatic rings. The minimum absolute atomic E-state index is 0.0474. The van der Waals surface area contributed by atoms with Crippen molar-refractivity contribution in [3.63, 3.8) is 0 Å². The molecule has 0 radical (unpaired) electrons. The third-order valence-corrected chi connectivity index (χ3v) is 3.47. The van der Waals surface area contributed by atoms with Crippen molar-refractivity contribution < 1.29 is 13.9 Å². The Balaban J connectivity index is 1.87. The average molecular weight is 358 g/mol. The number of anilines is 1. The molecular formula is C19H23FN4O2. The van der Waals surface area contributed by atoms with Crippen LogP contribution in [0.1, 0.15) is 12.5 Å². The largest absolute Gasteiger partial charge is 0.497 e. The minimum atomic E-state index is -0.346. The van der Waals surface area contributed by atoms with Crippen LogP contribution in [0.3, 0.4) is 0 Å². The highest BCUT2D eigenvalue weighted by atomic mass is 19.1. The fourth-order valence-electron chi connectivity index (χ4n) is 2.15. The Morgan fingerprint density at radius 1 is 1.08 bits per heavy atom. The highest BCUT2D eigenvalue weighted by Gasteiger charge is 2.05. The van der Waals surface area contributed by atoms with E-state index >= 15 is 0 Å². The zero-order valence-electron chi connectivity index (χ0n) is 14.9. The summed E-state index contributed by atoms with van der Waals surface area (Å²) in [5, 5.41) is 8.75. The van der Waals surface area contributed by atoms with Gasteiger partial charge in [0.05, 0.1) is 20.2 Å². The van der Waals surface area contributed by atoms with Crippen LogP contribution in [0, 0.1) is 5.82 Å². The van der Waals surface area contributed by atoms with Gasteiger partial charge in [0.25, 0.3) is 0 Å². The van der Waals surface area contributed by atoms with E-state index in [0.29, 0.717) is 24.7 Å². The van der Waals surface area contributed by atoms with E-state index in [9.17, 15) is 9.18 Å². The van der Waals surface area contributed by atoms with Crippen LogP contribution in [0.15, 0.2) is 53.5 Å². The average Bonchev–Trinajstić information content (AvgIpc) is 2.66. The van der Waals surface area contributed by atoms with E-state index < -0.39 is 0 Å². The van der Waals surface area contributed by atoms with Crippen LogP contribution in [-0.2, 0) is 11.3 Å². The highest BCUT2D eigenvalue weighted by Crippen LogP contribution is 2.11. The summed E-state index contributed by atoms with van der Waals surface area (Å²) in [5.41, 5.74) is 1.57. The number of hydrogen-bond acceptors (Lipinski definition) is 3. The molecule has 6 nitrogen and oxygen atoms in total. The summed E-state index contributed by atoms with van der Waals surface area (Å²) in [7, 11) is 1.62. The Bertz CT molecular complexity index is 730. The number of amides is 1. The highest BCUT2D eigenvalue weighted by molar-refractivity contribution is 5.94. The van der Waals surface area contributed by atoms with Gasteiger partial charge >= 0.3 is 0 Å². The maximum absolute atomic E-state index is 12.9. The topological polar surface area (TPSA) is 74.8 Å². The molecule has 0 spiro atoms. The van der Waals surface area contributed by atoms with Gasteiger partial charge in [-0.25, -0.2) is 9.38 Å². The van der Waals surface area contributed by atoms with Crippen LogP contribution in [0.25, 0.3) is 0 Å². The third-order valence-electron chi connectivity index (χ3n) is 3.47. The number of benzene rings is 2. The fraction of sp³-hybridized carbons (Fsp3) is 0.263. The Morgan fingerprint density at radius 3 is 2.38 bits per heavy atom. The predicted octanol–water partition coefficient (Wildman–Crippen LogP) is 2.53. The summed E-state index contributed by atoms with van der Waals surface area (Å²) in [6.07, 6.45) is 0. The molecule has 2 rings (SSSR count). The first-order valence-corrected chi connectivity index (χ1v) is 8.31. The van der Waals surface area contributed by atoms with Gasteiger partial charge in [0.1, 0.15) is 11.6 Å². The molecule has 0 atom stereocenters. The first-order valence-electron chi connectivity index (χ1n) is 8.31. The van der Waals surface area contributed by atoms with Crippen molar-refractivity contribution in [1.29, 1.82) is 0 Å². The van der Waals surface area contributed by atoms with Gasteiger partial charge in [-0.2, -0.15) is 0 Å². The van der Waals surface area contributed by atoms with E-state index in [0.717, 1.165) is 11.3 Å². The Hall–Kier alpha value is -3.09. The van der Waals surface area contributed by atoms with Crippen LogP contribution in [0.5, 0.6) is 5.75 Å². The van der Waals surface area contributed by atoms with E-state index in [4.69, 9.17) is 4.74 Å². The number of rotatable bonds is 7. The van der Waals surface area contributed by atoms with E-state index in [2.05, 4.69) is 20.9 Å². The van der Waals surface area contributed by atoms with Crippen LogP contribution in [0.2, 0.25) is 0 Å². The molecule has 26 heavy (non-hydrogen) atoms. The maximum atomic E-state index is 12.9. The zero-order valence-corrected chi connectivity index (χ0v) is 14.9. The third kappa shape index (κ3) is 6.43. The van der Waals surface area contributed by atoms with E-state index in [-0.39, 0.29) is 18.3 Å². The Kier molecular flexibility index (Phi) is 7.42. The summed E-state index contributed by atoms with van der Waals surface area (Å²) >= 11 is 0. The van der Waals surface area contributed by atoms with E-state index in [1.807, 2.05) is 31.2 Å². The number of halogens is 1. The van der Waals surface area contributed by atoms with Crippen molar-refractivity contribution in [2.24, 2.45) is 4.99 Å². The number of guanidine groups is 1. The lowest BCUT2D eigenvalue weighted by Gasteiger charge is -2.11. The number of hydrogen-bond donors (Lipinski definition) is 3. The van der Waals surface area contributed by atoms with Crippen molar-refractivity contribution in [2.75, 3.05) is 25.5 Å². The molecule has 0 bridgehead atoms. The second-order valence-electron chi connectivity index (χ2n) is 5.45. The summed E-state index contributed by atoms with van der Waals surface area (Å²) in [6.45, 7) is 3.14. The van der Waals surface area contributed by atoms with Crippen LogP contribution in [0.4, 0.5) is 10.1 Å². The summed E-state index contributed by atoms with van der Waals surface area (Å²) in [5.74, 6) is 0.741. The van der Waals surface area contributed by atoms with Gasteiger partial charge in [-0.05, 0) is 48.9 Å². The monoisotopic (exact) mass is 358 g/mol. The molecule has 0 aromatic heterocycles. The molecule has 0 saturated heterocycles. The molecule has 0 saturated carbocycles. The van der Waals surface area contributed by atoms with Crippen molar-refractivity contribution in [2.45, 2.75) is 13.5 Å². The quantitative estimate of drug-likeness (QED) is 0.525. The maximum Gasteiger partial charge on any atom is 0.243 e. The number of aliphatic imine (C=N–C) groups is 1. The van der Waals surface area contributed by atoms with Gasteiger partial charge in [-0.1, -0.05) is 12.1 Å². The lowest BCUT2D eigenvalue weighted by Crippen LogP contribution is -2.41. The van der Waals surface area contributed by atoms with Crippen LogP contribution >= 0.6 is 0 Å². The zero-order chi connectivity index (χ0) is 18.8. The molecule has 7 heteroatoms. The lowest BCUT2D eigenvalue weighted by atomic mass is 10.2. The van der Waals surface area contributed by atoms with Gasteiger partial charge in [0.15, 0.2) is 5.96 Å². The van der Waals surface area contributed by atoms with E-state index in [1.54, 1.807) is 7.11 Å². The smallest absolute Gasteiger partial charge is 0.243 e. The van der Waals surface area contributed by atoms with Crippen molar-refractivity contribution in [3.8, 4) is 5.75 Å². The van der Waals surface area contributed by atoms with Crippen LogP contribution < -0.4 is 20.7 Å². The molecule has 0 heterocycles. The number of carbonyl (C=O) groups is 1. The normalized spacial score (nSPS) is 11.0. The van der Waals surface area contributed by atoms with Crippen molar-refractivity contribution >= 4 is 17.6 Å². The molecule has 0 fully saturated rings. The van der Waals surface area contributed by atoms with Gasteiger partial charge in [-0.3, -0.25) is 4.79 Å². The molecule has 0 unspecified atom stereocenters. The van der Waals surface area contributed by atoms with E-state index in [1.165, 1.54) is 24.3 Å². The second-order valence-corrected chi connectivity index (χ2v) is 5.45. The minimum Gasteiger partial charge on any atom is -0.497 e. The first kappa shape index (κ1) is 19.2. The number of ether oxygens (including phenoxy) is 1. The number of nitrogens with one attached hydrogen (secondary N) is 3. The SMILES string of the molecule is CCNC(=NCc1ccc(OC)cc1)NCC(=O)Nc1ccc(F)cc1. The number of nitrogens with zero attached hydrogens (tertiary/aromatic N) is 1. The predicted molar refractivity (Wildman–Crippen MR) is 101 cm³/mol. The molecule has 138 valence electrons. The number of methoxy groups -OCH3 is 1. The Labute approximate surface area is 152 Å². The second kappa shape index (κ2) is 10.0. The van der Waals surface area contributed by atoms with Gasteiger partial charge in [0.2, 0.25) is 5.91 Å². The lowest BCUT2D eigenvalue weighted by molar-refractivity contribution is -0.115. The summed E-state index contributed by atoms with van der Waals surface area (Å²) in [6, 6.07) is 13.2. The Morgan fingerprint density at radius 2 is 1.77 bits per heavy atom. The van der Waals surface area contributed by atoms with Gasteiger partial charge < -0.3 is 20.7 Å². The molecule has 0 aliphatic rings. The fourth-order valence-corrected chi connectivity index (χ4v) is 2.15. The molecule has 1 amide bonds. The number of carbonyl (C=O) groups excluding carboxylic acids is 1. The standard InChI is InChI=1S/C19H23FN4O2/c1-3-21-19(22-12-14-4-10-17(26-2)11-5-14)23-13-18(25)24-16-8-6-15(20)7-9-16/h4-11H,3,12-13H2,1-2H3,(H,24,25)(H2,21,22,23). The van der Waals surface area contributed by atoms with Crippen molar-refractivity contribution in [3.05, 3.63) is 59.9 Å². The van der Waals surface area contributed by atoms with Gasteiger partial charge in [0, 0.05) is 12.2 Å². The molecular weight excluding hydrogens is 335 g/mol. The van der Waals surface area contributed by atoms with Gasteiger partial charge in [-0.15, -0.1) is 0 Å². The molecule has 0 aliphatic heterocycles. The van der Waals surface area contributed by atoms with Crippen molar-refractivity contribution in [1.82, 2.24) is 10.6 Å².